The molecule has 0 bridgehead atoms. The van der Waals surface area contributed by atoms with E-state index in [9.17, 15) is 9.59 Å². The van der Waals surface area contributed by atoms with Gasteiger partial charge >= 0.3 is 12.1 Å². The number of carbonyl (C=O) groups excluding carboxylic acids is 2. The summed E-state index contributed by atoms with van der Waals surface area (Å²) in [7, 11) is 0. The predicted molar refractivity (Wildman–Crippen MR) is 137 cm³/mol. The second kappa shape index (κ2) is 9.00. The molecule has 4 atom stereocenters. The van der Waals surface area contributed by atoms with Gasteiger partial charge in [-0.05, 0) is 78.7 Å². The van der Waals surface area contributed by atoms with E-state index >= 15 is 0 Å². The molecule has 2 aliphatic carbocycles. The Morgan fingerprint density at radius 3 is 2.66 bits per heavy atom. The lowest BCUT2D eigenvalue weighted by molar-refractivity contribution is -0.166. The van der Waals surface area contributed by atoms with Crippen molar-refractivity contribution in [3.05, 3.63) is 65.2 Å². The Balaban J connectivity index is 1.29. The Morgan fingerprint density at radius 2 is 1.91 bits per heavy atom. The zero-order chi connectivity index (χ0) is 24.8. The van der Waals surface area contributed by atoms with Gasteiger partial charge in [0.05, 0.1) is 12.0 Å². The summed E-state index contributed by atoms with van der Waals surface area (Å²) in [5.74, 6) is 0.602. The van der Waals surface area contributed by atoms with Gasteiger partial charge in [0.2, 0.25) is 0 Å². The van der Waals surface area contributed by atoms with Crippen LogP contribution in [0.5, 0.6) is 0 Å². The molecule has 0 N–H and O–H groups in total. The Morgan fingerprint density at radius 1 is 1.14 bits per heavy atom. The van der Waals surface area contributed by atoms with Crippen molar-refractivity contribution in [1.82, 2.24) is 0 Å². The fraction of sp³-hybridized carbons (Fsp3) is 0.533. The molecular weight excluding hydrogens is 438 g/mol. The largest absolute Gasteiger partial charge is 0.461 e. The molecule has 2 aromatic carbocycles. The molecule has 2 unspecified atom stereocenters. The molecule has 0 spiro atoms. The van der Waals surface area contributed by atoms with E-state index in [0.29, 0.717) is 12.5 Å². The highest BCUT2D eigenvalue weighted by Crippen LogP contribution is 2.57. The highest BCUT2D eigenvalue weighted by Gasteiger charge is 2.56. The topological polar surface area (TPSA) is 55.8 Å². The van der Waals surface area contributed by atoms with Crippen molar-refractivity contribution in [3.8, 4) is 0 Å². The van der Waals surface area contributed by atoms with Crippen LogP contribution >= 0.6 is 0 Å². The van der Waals surface area contributed by atoms with Crippen molar-refractivity contribution in [2.45, 2.75) is 77.2 Å². The van der Waals surface area contributed by atoms with E-state index in [1.807, 2.05) is 30.3 Å². The number of aryl methyl sites for hydroxylation is 1. The molecule has 5 nitrogen and oxygen atoms in total. The minimum Gasteiger partial charge on any atom is -0.461 e. The molecule has 35 heavy (non-hydrogen) atoms. The molecular formula is C30H37NO4. The van der Waals surface area contributed by atoms with Gasteiger partial charge < -0.3 is 9.47 Å². The summed E-state index contributed by atoms with van der Waals surface area (Å²) in [6, 6.07) is 16.4. The number of para-hydroxylation sites is 1. The van der Waals surface area contributed by atoms with Crippen molar-refractivity contribution < 1.29 is 19.1 Å². The first kappa shape index (κ1) is 23.9. The first-order chi connectivity index (χ1) is 16.7. The second-order valence-corrected chi connectivity index (χ2v) is 11.4. The van der Waals surface area contributed by atoms with Crippen LogP contribution in [0, 0.1) is 11.3 Å². The lowest BCUT2D eigenvalue weighted by atomic mass is 9.49. The van der Waals surface area contributed by atoms with E-state index in [0.717, 1.165) is 37.8 Å². The first-order valence-electron chi connectivity index (χ1n) is 13.1. The van der Waals surface area contributed by atoms with Crippen LogP contribution in [0.4, 0.5) is 10.5 Å². The van der Waals surface area contributed by atoms with Gasteiger partial charge in [-0.3, -0.25) is 9.69 Å². The SMILES string of the molecule is CC(C)c1ccc2c(c1)CCC1[C@](C)(C(=O)OCC3CN(c4ccccc4)C(=O)O3)CCC[C@]21C. The van der Waals surface area contributed by atoms with E-state index in [1.165, 1.54) is 16.7 Å². The summed E-state index contributed by atoms with van der Waals surface area (Å²) in [6.07, 6.45) is 4.10. The summed E-state index contributed by atoms with van der Waals surface area (Å²) >= 11 is 0. The van der Waals surface area contributed by atoms with Gasteiger partial charge in [-0.25, -0.2) is 4.79 Å². The second-order valence-electron chi connectivity index (χ2n) is 11.4. The van der Waals surface area contributed by atoms with Crippen LogP contribution in [0.3, 0.4) is 0 Å². The summed E-state index contributed by atoms with van der Waals surface area (Å²) in [5.41, 5.74) is 4.48. The highest BCUT2D eigenvalue weighted by atomic mass is 16.6. The Kier molecular flexibility index (Phi) is 6.14. The van der Waals surface area contributed by atoms with Gasteiger partial charge in [0, 0.05) is 5.69 Å². The van der Waals surface area contributed by atoms with E-state index in [4.69, 9.17) is 9.47 Å². The quantitative estimate of drug-likeness (QED) is 0.470. The molecule has 5 heteroatoms. The third-order valence-electron chi connectivity index (χ3n) is 8.85. The number of carbonyl (C=O) groups is 2. The summed E-state index contributed by atoms with van der Waals surface area (Å²) in [6.45, 7) is 9.42. The molecule has 3 aliphatic rings. The lowest BCUT2D eigenvalue weighted by Crippen LogP contribution is -2.53. The molecule has 1 aliphatic heterocycles. The molecule has 186 valence electrons. The third-order valence-corrected chi connectivity index (χ3v) is 8.85. The minimum atomic E-state index is -0.539. The zero-order valence-corrected chi connectivity index (χ0v) is 21.4. The zero-order valence-electron chi connectivity index (χ0n) is 21.4. The van der Waals surface area contributed by atoms with Gasteiger partial charge in [-0.2, -0.15) is 0 Å². The first-order valence-corrected chi connectivity index (χ1v) is 13.1. The molecule has 0 radical (unpaired) electrons. The third kappa shape index (κ3) is 4.13. The van der Waals surface area contributed by atoms with Gasteiger partial charge in [-0.1, -0.05) is 63.6 Å². The number of nitrogens with zero attached hydrogens (tertiary/aromatic N) is 1. The lowest BCUT2D eigenvalue weighted by Gasteiger charge is -2.54. The number of anilines is 1. The van der Waals surface area contributed by atoms with Crippen LogP contribution in [0.15, 0.2) is 48.5 Å². The van der Waals surface area contributed by atoms with Crippen molar-refractivity contribution in [2.75, 3.05) is 18.1 Å². The van der Waals surface area contributed by atoms with Crippen LogP contribution in [-0.2, 0) is 26.1 Å². The number of cyclic esters (lactones) is 1. The standard InChI is InChI=1S/C30H37NO4/c1-20(2)21-11-13-25-22(17-21)12-14-26-29(25,3)15-8-16-30(26,4)27(32)34-19-24-18-31(28(33)35-24)23-9-6-5-7-10-23/h5-7,9-11,13,17,20,24,26H,8,12,14-16,18-19H2,1-4H3/t24?,26?,29-,30-/m1/s1. The molecule has 2 aromatic rings. The Bertz CT molecular complexity index is 1110. The summed E-state index contributed by atoms with van der Waals surface area (Å²) < 4.78 is 11.4. The Labute approximate surface area is 208 Å². The number of benzene rings is 2. The maximum atomic E-state index is 13.6. The fourth-order valence-corrected chi connectivity index (χ4v) is 6.88. The summed E-state index contributed by atoms with van der Waals surface area (Å²) in [5, 5.41) is 0. The molecule has 0 aromatic heterocycles. The van der Waals surface area contributed by atoms with E-state index in [-0.39, 0.29) is 23.9 Å². The number of ether oxygens (including phenoxy) is 2. The van der Waals surface area contributed by atoms with Crippen molar-refractivity contribution in [3.63, 3.8) is 0 Å². The highest BCUT2D eigenvalue weighted by molar-refractivity contribution is 5.89. The summed E-state index contributed by atoms with van der Waals surface area (Å²) in [4.78, 5) is 27.6. The van der Waals surface area contributed by atoms with E-state index in [1.54, 1.807) is 4.90 Å². The molecule has 5 rings (SSSR count). The van der Waals surface area contributed by atoms with Gasteiger partial charge in [0.15, 0.2) is 6.10 Å². The van der Waals surface area contributed by atoms with Gasteiger partial charge in [-0.15, -0.1) is 0 Å². The fourth-order valence-electron chi connectivity index (χ4n) is 6.88. The maximum absolute atomic E-state index is 13.6. The van der Waals surface area contributed by atoms with E-state index in [2.05, 4.69) is 45.9 Å². The van der Waals surface area contributed by atoms with Crippen LogP contribution < -0.4 is 4.90 Å². The van der Waals surface area contributed by atoms with Gasteiger partial charge in [0.25, 0.3) is 0 Å². The molecule has 1 heterocycles. The van der Waals surface area contributed by atoms with Crippen LogP contribution in [0.1, 0.15) is 76.0 Å². The minimum absolute atomic E-state index is 0.0287. The number of fused-ring (bicyclic) bond motifs is 3. The number of rotatable bonds is 5. The van der Waals surface area contributed by atoms with Crippen molar-refractivity contribution in [1.29, 1.82) is 0 Å². The van der Waals surface area contributed by atoms with Crippen LogP contribution in [0.2, 0.25) is 0 Å². The van der Waals surface area contributed by atoms with Crippen molar-refractivity contribution >= 4 is 17.7 Å². The molecule has 1 amide bonds. The number of hydrogen-bond donors (Lipinski definition) is 0. The normalized spacial score (nSPS) is 30.0. The number of esters is 1. The monoisotopic (exact) mass is 475 g/mol. The van der Waals surface area contributed by atoms with Crippen molar-refractivity contribution in [2.24, 2.45) is 11.3 Å². The van der Waals surface area contributed by atoms with Crippen LogP contribution in [-0.4, -0.2) is 31.3 Å². The number of amides is 1. The van der Waals surface area contributed by atoms with Crippen LogP contribution in [0.25, 0.3) is 0 Å². The Hall–Kier alpha value is -2.82. The maximum Gasteiger partial charge on any atom is 0.414 e. The average molecular weight is 476 g/mol. The predicted octanol–water partition coefficient (Wildman–Crippen LogP) is 6.39. The number of hydrogen-bond acceptors (Lipinski definition) is 4. The smallest absolute Gasteiger partial charge is 0.414 e. The molecule has 2 fully saturated rings. The average Bonchev–Trinajstić information content (AvgIpc) is 3.23. The molecule has 1 saturated heterocycles. The molecule has 1 saturated carbocycles. The van der Waals surface area contributed by atoms with Gasteiger partial charge in [0.1, 0.15) is 6.61 Å². The van der Waals surface area contributed by atoms with E-state index < -0.39 is 17.6 Å².